The summed E-state index contributed by atoms with van der Waals surface area (Å²) in [5.74, 6) is 0. The van der Waals surface area contributed by atoms with Crippen LogP contribution in [0.5, 0.6) is 0 Å². The van der Waals surface area contributed by atoms with Gasteiger partial charge >= 0.3 is 0 Å². The fourth-order valence-corrected chi connectivity index (χ4v) is 0.925. The van der Waals surface area contributed by atoms with Gasteiger partial charge in [-0.05, 0) is 13.0 Å². The van der Waals surface area contributed by atoms with Crippen LogP contribution in [0.1, 0.15) is 24.3 Å². The van der Waals surface area contributed by atoms with Gasteiger partial charge in [-0.3, -0.25) is 0 Å². The van der Waals surface area contributed by atoms with Crippen LogP contribution in [-0.2, 0) is 0 Å². The molecule has 1 heterocycles. The number of aliphatic hydroxyl groups excluding tert-OH is 2. The van der Waals surface area contributed by atoms with Crippen LogP contribution in [0.2, 0.25) is 0 Å². The molecule has 0 aromatic carbocycles. The lowest BCUT2D eigenvalue weighted by Crippen LogP contribution is -2.13. The second-order valence-corrected chi connectivity index (χ2v) is 2.77. The maximum atomic E-state index is 9.39. The van der Waals surface area contributed by atoms with Gasteiger partial charge in [0.15, 0.2) is 0 Å². The van der Waals surface area contributed by atoms with Crippen LogP contribution >= 0.6 is 0 Å². The van der Waals surface area contributed by atoms with Crippen LogP contribution in [-0.4, -0.2) is 21.3 Å². The molecule has 0 radical (unpaired) electrons. The summed E-state index contributed by atoms with van der Waals surface area (Å²) < 4.78 is 0. The number of aromatic nitrogens is 1. The smallest absolute Gasteiger partial charge is 0.140 e. The first kappa shape index (κ1) is 9.65. The molecule has 68 valence electrons. The first-order chi connectivity index (χ1) is 6.15. The van der Waals surface area contributed by atoms with Crippen molar-refractivity contribution in [1.82, 2.24) is 4.98 Å². The molecule has 0 amide bonds. The number of hydrogen-bond donors (Lipinski definition) is 2. The molecule has 2 unspecified atom stereocenters. The van der Waals surface area contributed by atoms with E-state index in [9.17, 15) is 5.11 Å². The molecule has 0 bridgehead atoms. The SMILES string of the molecule is CC(O)C(O)c1ccc(C#N)nc1. The highest BCUT2D eigenvalue weighted by Crippen LogP contribution is 2.15. The van der Waals surface area contributed by atoms with Gasteiger partial charge in [-0.1, -0.05) is 6.07 Å². The molecule has 0 saturated heterocycles. The van der Waals surface area contributed by atoms with Gasteiger partial charge in [-0.2, -0.15) is 5.26 Å². The van der Waals surface area contributed by atoms with E-state index in [0.717, 1.165) is 0 Å². The predicted molar refractivity (Wildman–Crippen MR) is 45.6 cm³/mol. The Morgan fingerprint density at radius 1 is 1.46 bits per heavy atom. The number of pyridine rings is 1. The maximum Gasteiger partial charge on any atom is 0.140 e. The van der Waals surface area contributed by atoms with E-state index in [4.69, 9.17) is 10.4 Å². The number of hydrogen-bond acceptors (Lipinski definition) is 4. The molecule has 13 heavy (non-hydrogen) atoms. The van der Waals surface area contributed by atoms with Crippen LogP contribution in [0.3, 0.4) is 0 Å². The zero-order chi connectivity index (χ0) is 9.84. The Labute approximate surface area is 76.1 Å². The van der Waals surface area contributed by atoms with Gasteiger partial charge in [0.25, 0.3) is 0 Å². The Morgan fingerprint density at radius 2 is 2.15 bits per heavy atom. The summed E-state index contributed by atoms with van der Waals surface area (Å²) in [6.07, 6.45) is -0.398. The van der Waals surface area contributed by atoms with E-state index >= 15 is 0 Å². The molecule has 0 spiro atoms. The highest BCUT2D eigenvalue weighted by atomic mass is 16.3. The summed E-state index contributed by atoms with van der Waals surface area (Å²) >= 11 is 0. The lowest BCUT2D eigenvalue weighted by Gasteiger charge is -2.12. The van der Waals surface area contributed by atoms with E-state index in [0.29, 0.717) is 11.3 Å². The topological polar surface area (TPSA) is 77.1 Å². The van der Waals surface area contributed by atoms with Gasteiger partial charge in [0.2, 0.25) is 0 Å². The minimum Gasteiger partial charge on any atom is -0.390 e. The van der Waals surface area contributed by atoms with E-state index in [1.807, 2.05) is 6.07 Å². The minimum absolute atomic E-state index is 0.293. The molecule has 2 N–H and O–H groups in total. The molecule has 0 aliphatic carbocycles. The second kappa shape index (κ2) is 3.99. The average Bonchev–Trinajstić information content (AvgIpc) is 2.17. The van der Waals surface area contributed by atoms with Crippen molar-refractivity contribution >= 4 is 0 Å². The first-order valence-corrected chi connectivity index (χ1v) is 3.87. The lowest BCUT2D eigenvalue weighted by atomic mass is 10.1. The van der Waals surface area contributed by atoms with Crippen molar-refractivity contribution < 1.29 is 10.2 Å². The fourth-order valence-electron chi connectivity index (χ4n) is 0.925. The van der Waals surface area contributed by atoms with E-state index < -0.39 is 12.2 Å². The Bertz CT molecular complexity index is 313. The second-order valence-electron chi connectivity index (χ2n) is 2.77. The lowest BCUT2D eigenvalue weighted by molar-refractivity contribution is 0.0303. The van der Waals surface area contributed by atoms with Crippen molar-refractivity contribution in [3.63, 3.8) is 0 Å². The van der Waals surface area contributed by atoms with E-state index in [2.05, 4.69) is 4.98 Å². The van der Waals surface area contributed by atoms with Crippen LogP contribution in [0.15, 0.2) is 18.3 Å². The molecule has 0 fully saturated rings. The van der Waals surface area contributed by atoms with Crippen molar-refractivity contribution in [3.8, 4) is 6.07 Å². The molecule has 0 aliphatic heterocycles. The largest absolute Gasteiger partial charge is 0.390 e. The number of nitriles is 1. The van der Waals surface area contributed by atoms with E-state index in [-0.39, 0.29) is 0 Å². The van der Waals surface area contributed by atoms with Crippen molar-refractivity contribution in [3.05, 3.63) is 29.6 Å². The highest BCUT2D eigenvalue weighted by Gasteiger charge is 2.13. The Kier molecular flexibility index (Phi) is 2.96. The van der Waals surface area contributed by atoms with Crippen molar-refractivity contribution in [2.75, 3.05) is 0 Å². The van der Waals surface area contributed by atoms with Crippen molar-refractivity contribution in [1.29, 1.82) is 5.26 Å². The number of rotatable bonds is 2. The molecular formula is C9H10N2O2. The summed E-state index contributed by atoms with van der Waals surface area (Å²) in [4.78, 5) is 3.77. The van der Waals surface area contributed by atoms with Gasteiger partial charge in [-0.25, -0.2) is 4.98 Å². The highest BCUT2D eigenvalue weighted by molar-refractivity contribution is 5.24. The zero-order valence-electron chi connectivity index (χ0n) is 7.18. The molecule has 4 heteroatoms. The Hall–Kier alpha value is -1.44. The standard InChI is InChI=1S/C9H10N2O2/c1-6(12)9(13)7-2-3-8(4-10)11-5-7/h2-3,5-6,9,12-13H,1H3. The van der Waals surface area contributed by atoms with E-state index in [1.54, 1.807) is 6.07 Å². The van der Waals surface area contributed by atoms with E-state index in [1.165, 1.54) is 19.2 Å². The molecule has 1 aromatic rings. The quantitative estimate of drug-likeness (QED) is 0.685. The third-order valence-electron chi connectivity index (χ3n) is 1.70. The summed E-state index contributed by atoms with van der Waals surface area (Å²) in [5.41, 5.74) is 0.801. The fraction of sp³-hybridized carbons (Fsp3) is 0.333. The van der Waals surface area contributed by atoms with Gasteiger partial charge in [0, 0.05) is 11.8 Å². The molecule has 0 aliphatic rings. The predicted octanol–water partition coefficient (Wildman–Crippen LogP) is 0.367. The van der Waals surface area contributed by atoms with Crippen LogP contribution < -0.4 is 0 Å². The van der Waals surface area contributed by atoms with Gasteiger partial charge < -0.3 is 10.2 Å². The average molecular weight is 178 g/mol. The zero-order valence-corrected chi connectivity index (χ0v) is 7.18. The van der Waals surface area contributed by atoms with Gasteiger partial charge in [-0.15, -0.1) is 0 Å². The van der Waals surface area contributed by atoms with Crippen molar-refractivity contribution in [2.24, 2.45) is 0 Å². The molecule has 0 saturated carbocycles. The molecular weight excluding hydrogens is 168 g/mol. The summed E-state index contributed by atoms with van der Waals surface area (Å²) in [6, 6.07) is 4.94. The van der Waals surface area contributed by atoms with Crippen LogP contribution in [0.25, 0.3) is 0 Å². The molecule has 1 aromatic heterocycles. The normalized spacial score (nSPS) is 14.6. The third kappa shape index (κ3) is 2.25. The Balaban J connectivity index is 2.87. The molecule has 1 rings (SSSR count). The van der Waals surface area contributed by atoms with Gasteiger partial charge in [0.05, 0.1) is 6.10 Å². The third-order valence-corrected chi connectivity index (χ3v) is 1.70. The van der Waals surface area contributed by atoms with Gasteiger partial charge in [0.1, 0.15) is 17.9 Å². The molecule has 2 atom stereocenters. The number of nitrogens with zero attached hydrogens (tertiary/aromatic N) is 2. The maximum absolute atomic E-state index is 9.39. The number of aliphatic hydroxyl groups is 2. The summed E-state index contributed by atoms with van der Waals surface area (Å²) in [7, 11) is 0. The van der Waals surface area contributed by atoms with Crippen LogP contribution in [0.4, 0.5) is 0 Å². The summed E-state index contributed by atoms with van der Waals surface area (Å²) in [6.45, 7) is 1.49. The Morgan fingerprint density at radius 3 is 2.54 bits per heavy atom. The monoisotopic (exact) mass is 178 g/mol. The van der Waals surface area contributed by atoms with Crippen LogP contribution in [0, 0.1) is 11.3 Å². The minimum atomic E-state index is -0.944. The first-order valence-electron chi connectivity index (χ1n) is 3.87. The molecule has 4 nitrogen and oxygen atoms in total. The van der Waals surface area contributed by atoms with Crippen molar-refractivity contribution in [2.45, 2.75) is 19.1 Å². The summed E-state index contributed by atoms with van der Waals surface area (Å²) in [5, 5.41) is 26.9.